The molecule has 1 aromatic carbocycles. The van der Waals surface area contributed by atoms with Crippen LogP contribution in [0.4, 0.5) is 10.1 Å². The monoisotopic (exact) mass is 322 g/mol. The highest BCUT2D eigenvalue weighted by molar-refractivity contribution is 7.80. The molecule has 0 fully saturated rings. The zero-order valence-electron chi connectivity index (χ0n) is 10.4. The Morgan fingerprint density at radius 3 is 2.32 bits per heavy atom. The zero-order valence-corrected chi connectivity index (χ0v) is 12.7. The number of benzene rings is 1. The van der Waals surface area contributed by atoms with Crippen LogP contribution in [0.25, 0.3) is 0 Å². The van der Waals surface area contributed by atoms with Crippen molar-refractivity contribution in [2.45, 2.75) is 20.3 Å². The van der Waals surface area contributed by atoms with E-state index in [1.165, 1.54) is 12.1 Å². The van der Waals surface area contributed by atoms with Crippen LogP contribution >= 0.6 is 35.4 Å². The molecule has 0 aromatic heterocycles. The van der Waals surface area contributed by atoms with Crippen LogP contribution in [-0.2, 0) is 4.79 Å². The molecular formula is C12H13Cl2FN2OS. The first-order valence-corrected chi connectivity index (χ1v) is 6.64. The number of amides is 1. The predicted octanol–water partition coefficient (Wildman–Crippen LogP) is 3.77. The number of hydrogen-bond acceptors (Lipinski definition) is 2. The minimum Gasteiger partial charge on any atom is -0.392 e. The molecule has 0 aliphatic carbocycles. The van der Waals surface area contributed by atoms with E-state index in [1.54, 1.807) is 13.8 Å². The second-order valence-electron chi connectivity index (χ2n) is 4.26. The topological polar surface area (TPSA) is 55.1 Å². The van der Waals surface area contributed by atoms with Crippen LogP contribution in [-0.4, -0.2) is 10.9 Å². The van der Waals surface area contributed by atoms with Crippen molar-refractivity contribution in [3.05, 3.63) is 28.0 Å². The van der Waals surface area contributed by atoms with Gasteiger partial charge in [-0.2, -0.15) is 0 Å². The summed E-state index contributed by atoms with van der Waals surface area (Å²) >= 11 is 16.2. The SMILES string of the molecule is CCC(C)(C(=O)Nc1cc(Cl)c(F)c(Cl)c1)C(N)=S. The van der Waals surface area contributed by atoms with Gasteiger partial charge in [0.25, 0.3) is 0 Å². The number of anilines is 1. The van der Waals surface area contributed by atoms with Crippen LogP contribution in [0.15, 0.2) is 12.1 Å². The largest absolute Gasteiger partial charge is 0.392 e. The first kappa shape index (κ1) is 16.1. The third-order valence-corrected chi connectivity index (χ3v) is 3.99. The van der Waals surface area contributed by atoms with E-state index in [0.29, 0.717) is 6.42 Å². The molecule has 1 atom stereocenters. The summed E-state index contributed by atoms with van der Waals surface area (Å²) < 4.78 is 13.3. The summed E-state index contributed by atoms with van der Waals surface area (Å²) in [6.45, 7) is 3.43. The average molecular weight is 323 g/mol. The van der Waals surface area contributed by atoms with E-state index in [9.17, 15) is 9.18 Å². The summed E-state index contributed by atoms with van der Waals surface area (Å²) in [7, 11) is 0. The zero-order chi connectivity index (χ0) is 14.8. The molecule has 1 rings (SSSR count). The molecule has 0 bridgehead atoms. The lowest BCUT2D eigenvalue weighted by molar-refractivity contribution is -0.121. The lowest BCUT2D eigenvalue weighted by Crippen LogP contribution is -2.43. The van der Waals surface area contributed by atoms with Crippen molar-refractivity contribution in [3.8, 4) is 0 Å². The molecule has 0 heterocycles. The van der Waals surface area contributed by atoms with E-state index in [0.717, 1.165) is 0 Å². The summed E-state index contributed by atoms with van der Waals surface area (Å²) in [6, 6.07) is 2.55. The maximum Gasteiger partial charge on any atom is 0.237 e. The van der Waals surface area contributed by atoms with Gasteiger partial charge in [0.05, 0.1) is 20.4 Å². The van der Waals surface area contributed by atoms with E-state index in [2.05, 4.69) is 5.32 Å². The van der Waals surface area contributed by atoms with Gasteiger partial charge in [-0.1, -0.05) is 42.3 Å². The average Bonchev–Trinajstić information content (AvgIpc) is 2.34. The van der Waals surface area contributed by atoms with Crippen molar-refractivity contribution in [3.63, 3.8) is 0 Å². The second-order valence-corrected chi connectivity index (χ2v) is 5.51. The molecule has 7 heteroatoms. The van der Waals surface area contributed by atoms with Crippen LogP contribution in [0, 0.1) is 11.2 Å². The normalized spacial score (nSPS) is 13.7. The maximum atomic E-state index is 13.3. The smallest absolute Gasteiger partial charge is 0.237 e. The van der Waals surface area contributed by atoms with Crippen molar-refractivity contribution in [1.82, 2.24) is 0 Å². The van der Waals surface area contributed by atoms with Gasteiger partial charge in [-0.3, -0.25) is 4.79 Å². The molecular weight excluding hydrogens is 310 g/mol. The number of hydrogen-bond donors (Lipinski definition) is 2. The van der Waals surface area contributed by atoms with Crippen LogP contribution in [0.2, 0.25) is 10.0 Å². The Bertz CT molecular complexity index is 515. The van der Waals surface area contributed by atoms with Gasteiger partial charge >= 0.3 is 0 Å². The highest BCUT2D eigenvalue weighted by Crippen LogP contribution is 2.29. The van der Waals surface area contributed by atoms with Crippen molar-refractivity contribution in [2.24, 2.45) is 11.1 Å². The van der Waals surface area contributed by atoms with Gasteiger partial charge in [-0.25, -0.2) is 4.39 Å². The van der Waals surface area contributed by atoms with Crippen molar-refractivity contribution in [1.29, 1.82) is 0 Å². The van der Waals surface area contributed by atoms with Crippen molar-refractivity contribution in [2.75, 3.05) is 5.32 Å². The number of nitrogens with two attached hydrogens (primary N) is 1. The third kappa shape index (κ3) is 3.35. The standard InChI is InChI=1S/C12H13Cl2FN2OS/c1-3-12(2,10(16)19)11(18)17-6-4-7(13)9(15)8(14)5-6/h4-5H,3H2,1-2H3,(H2,16,19)(H,17,18). The van der Waals surface area contributed by atoms with Gasteiger partial charge in [-0.05, 0) is 25.5 Å². The van der Waals surface area contributed by atoms with E-state index >= 15 is 0 Å². The number of halogens is 3. The Hall–Kier alpha value is -0.910. The molecule has 1 amide bonds. The Balaban J connectivity index is 3.03. The van der Waals surface area contributed by atoms with E-state index < -0.39 is 11.2 Å². The third-order valence-electron chi connectivity index (χ3n) is 2.99. The highest BCUT2D eigenvalue weighted by Gasteiger charge is 2.34. The molecule has 0 saturated heterocycles. The fourth-order valence-electron chi connectivity index (χ4n) is 1.34. The number of carbonyl (C=O) groups is 1. The first-order valence-electron chi connectivity index (χ1n) is 5.48. The Labute approximate surface area is 126 Å². The fraction of sp³-hybridized carbons (Fsp3) is 0.333. The van der Waals surface area contributed by atoms with Gasteiger partial charge in [0.2, 0.25) is 5.91 Å². The van der Waals surface area contributed by atoms with Crippen molar-refractivity contribution < 1.29 is 9.18 Å². The number of thiocarbonyl (C=S) groups is 1. The molecule has 0 aliphatic heterocycles. The number of nitrogens with one attached hydrogen (secondary N) is 1. The van der Waals surface area contributed by atoms with Gasteiger partial charge in [0, 0.05) is 5.69 Å². The Morgan fingerprint density at radius 1 is 1.47 bits per heavy atom. The van der Waals surface area contributed by atoms with E-state index in [-0.39, 0.29) is 26.6 Å². The van der Waals surface area contributed by atoms with Gasteiger partial charge in [-0.15, -0.1) is 0 Å². The predicted molar refractivity (Wildman–Crippen MR) is 80.2 cm³/mol. The summed E-state index contributed by atoms with van der Waals surface area (Å²) in [5, 5.41) is 2.24. The number of rotatable bonds is 4. The van der Waals surface area contributed by atoms with Crippen LogP contribution < -0.4 is 11.1 Å². The first-order chi connectivity index (χ1) is 8.72. The Kier molecular flexibility index (Phi) is 5.12. The molecule has 3 N–H and O–H groups in total. The lowest BCUT2D eigenvalue weighted by Gasteiger charge is -2.25. The minimum absolute atomic E-state index is 0.0896. The van der Waals surface area contributed by atoms with Crippen LogP contribution in [0.3, 0.4) is 0 Å². The maximum absolute atomic E-state index is 13.3. The van der Waals surface area contributed by atoms with E-state index in [4.69, 9.17) is 41.2 Å². The lowest BCUT2D eigenvalue weighted by atomic mass is 9.86. The summed E-state index contributed by atoms with van der Waals surface area (Å²) in [5.74, 6) is -1.12. The van der Waals surface area contributed by atoms with Crippen LogP contribution in [0.1, 0.15) is 20.3 Å². The molecule has 0 radical (unpaired) electrons. The molecule has 0 spiro atoms. The molecule has 0 aliphatic rings. The molecule has 104 valence electrons. The highest BCUT2D eigenvalue weighted by atomic mass is 35.5. The second kappa shape index (κ2) is 6.03. The quantitative estimate of drug-likeness (QED) is 0.655. The molecule has 3 nitrogen and oxygen atoms in total. The molecule has 0 saturated carbocycles. The fourth-order valence-corrected chi connectivity index (χ4v) is 2.07. The summed E-state index contributed by atoms with van der Waals surface area (Å²) in [5.41, 5.74) is 4.88. The summed E-state index contributed by atoms with van der Waals surface area (Å²) in [6.07, 6.45) is 0.441. The Morgan fingerprint density at radius 2 is 1.95 bits per heavy atom. The van der Waals surface area contributed by atoms with Crippen LogP contribution in [0.5, 0.6) is 0 Å². The molecule has 1 aromatic rings. The van der Waals surface area contributed by atoms with Crippen molar-refractivity contribution >= 4 is 52.0 Å². The minimum atomic E-state index is -0.983. The van der Waals surface area contributed by atoms with Gasteiger partial charge < -0.3 is 11.1 Å². The van der Waals surface area contributed by atoms with Gasteiger partial charge in [0.1, 0.15) is 0 Å². The van der Waals surface area contributed by atoms with E-state index in [1.807, 2.05) is 0 Å². The summed E-state index contributed by atoms with van der Waals surface area (Å²) in [4.78, 5) is 12.2. The number of carbonyl (C=O) groups excluding carboxylic acids is 1. The molecule has 1 unspecified atom stereocenters. The molecule has 19 heavy (non-hydrogen) atoms. The van der Waals surface area contributed by atoms with Gasteiger partial charge in [0.15, 0.2) is 5.82 Å².